The molecule has 2 aromatic rings. The molecule has 1 fully saturated rings. The highest BCUT2D eigenvalue weighted by atomic mass is 35.5. The van der Waals surface area contributed by atoms with E-state index >= 15 is 0 Å². The van der Waals surface area contributed by atoms with Crippen LogP contribution in [-0.4, -0.2) is 55.8 Å². The zero-order chi connectivity index (χ0) is 18.5. The van der Waals surface area contributed by atoms with Crippen LogP contribution >= 0.6 is 12.4 Å². The van der Waals surface area contributed by atoms with Gasteiger partial charge in [0.15, 0.2) is 11.5 Å². The van der Waals surface area contributed by atoms with Crippen molar-refractivity contribution in [2.75, 3.05) is 38.8 Å². The molecule has 0 amide bonds. The molecule has 0 bridgehead atoms. The van der Waals surface area contributed by atoms with Gasteiger partial charge in [-0.2, -0.15) is 0 Å². The van der Waals surface area contributed by atoms with Crippen molar-refractivity contribution in [2.45, 2.75) is 32.4 Å². The third kappa shape index (κ3) is 5.05. The van der Waals surface area contributed by atoms with E-state index in [-0.39, 0.29) is 12.4 Å². The van der Waals surface area contributed by atoms with Crippen molar-refractivity contribution in [1.29, 1.82) is 0 Å². The lowest BCUT2D eigenvalue weighted by Gasteiger charge is -2.45. The first-order valence-electron chi connectivity index (χ1n) is 9.25. The zero-order valence-corrected chi connectivity index (χ0v) is 17.4. The molecule has 1 saturated heterocycles. The van der Waals surface area contributed by atoms with E-state index in [9.17, 15) is 0 Å². The van der Waals surface area contributed by atoms with Crippen molar-refractivity contribution in [1.82, 2.24) is 9.88 Å². The molecule has 1 aliphatic heterocycles. The number of hydrogen-bond donors (Lipinski definition) is 0. The highest BCUT2D eigenvalue weighted by Gasteiger charge is 2.29. The van der Waals surface area contributed by atoms with Crippen LogP contribution in [-0.2, 0) is 6.42 Å². The monoisotopic (exact) mass is 391 g/mol. The number of rotatable bonds is 6. The van der Waals surface area contributed by atoms with E-state index in [4.69, 9.17) is 9.47 Å². The maximum Gasteiger partial charge on any atom is 0.160 e. The van der Waals surface area contributed by atoms with E-state index in [0.717, 1.165) is 43.4 Å². The van der Waals surface area contributed by atoms with Crippen LogP contribution in [0, 0.1) is 0 Å². The Hall–Kier alpha value is -1.98. The van der Waals surface area contributed by atoms with Gasteiger partial charge in [-0.25, -0.2) is 4.98 Å². The summed E-state index contributed by atoms with van der Waals surface area (Å²) < 4.78 is 10.7. The lowest BCUT2D eigenvalue weighted by Crippen LogP contribution is -2.57. The van der Waals surface area contributed by atoms with Gasteiger partial charge >= 0.3 is 0 Å². The zero-order valence-electron chi connectivity index (χ0n) is 16.6. The molecule has 1 aliphatic rings. The van der Waals surface area contributed by atoms with Crippen LogP contribution in [0.4, 0.5) is 5.82 Å². The largest absolute Gasteiger partial charge is 0.493 e. The van der Waals surface area contributed by atoms with E-state index in [1.807, 2.05) is 18.3 Å². The molecule has 27 heavy (non-hydrogen) atoms. The molecule has 148 valence electrons. The second-order valence-corrected chi connectivity index (χ2v) is 6.97. The maximum absolute atomic E-state index is 5.42. The summed E-state index contributed by atoms with van der Waals surface area (Å²) in [6.07, 6.45) is 2.87. The SMILES string of the molecule is COc1ccc(CCN2[C@@H](C)CN(c3ccccn3)C[C@@H]2C)cc1OC.Cl. The van der Waals surface area contributed by atoms with Crippen LogP contribution in [0.5, 0.6) is 11.5 Å². The number of benzene rings is 1. The Labute approximate surface area is 168 Å². The molecule has 0 radical (unpaired) electrons. The predicted molar refractivity (Wildman–Crippen MR) is 113 cm³/mol. The molecule has 2 atom stereocenters. The van der Waals surface area contributed by atoms with E-state index < -0.39 is 0 Å². The fourth-order valence-electron chi connectivity index (χ4n) is 3.82. The molecule has 0 unspecified atom stereocenters. The van der Waals surface area contributed by atoms with Crippen molar-refractivity contribution in [3.63, 3.8) is 0 Å². The molecule has 5 nitrogen and oxygen atoms in total. The average molecular weight is 392 g/mol. The van der Waals surface area contributed by atoms with Gasteiger partial charge < -0.3 is 14.4 Å². The molecular weight excluding hydrogens is 362 g/mol. The number of nitrogens with zero attached hydrogens (tertiary/aromatic N) is 3. The fourth-order valence-corrected chi connectivity index (χ4v) is 3.82. The lowest BCUT2D eigenvalue weighted by molar-refractivity contribution is 0.133. The molecule has 1 aromatic carbocycles. The maximum atomic E-state index is 5.42. The molecule has 0 spiro atoms. The van der Waals surface area contributed by atoms with Crippen LogP contribution in [0.2, 0.25) is 0 Å². The summed E-state index contributed by atoms with van der Waals surface area (Å²) in [6.45, 7) is 7.66. The van der Waals surface area contributed by atoms with Crippen LogP contribution < -0.4 is 14.4 Å². The highest BCUT2D eigenvalue weighted by molar-refractivity contribution is 5.85. The Balaban J connectivity index is 0.00000261. The van der Waals surface area contributed by atoms with Gasteiger partial charge in [0.25, 0.3) is 0 Å². The predicted octanol–water partition coefficient (Wildman–Crippen LogP) is 3.66. The molecule has 3 rings (SSSR count). The average Bonchev–Trinajstić information content (AvgIpc) is 2.67. The summed E-state index contributed by atoms with van der Waals surface area (Å²) in [4.78, 5) is 9.49. The quantitative estimate of drug-likeness (QED) is 0.751. The Morgan fingerprint density at radius 3 is 2.30 bits per heavy atom. The van der Waals surface area contributed by atoms with Crippen LogP contribution in [0.3, 0.4) is 0 Å². The van der Waals surface area contributed by atoms with E-state index in [1.54, 1.807) is 14.2 Å². The van der Waals surface area contributed by atoms with Crippen LogP contribution in [0.25, 0.3) is 0 Å². The third-order valence-corrected chi connectivity index (χ3v) is 5.18. The number of anilines is 1. The van der Waals surface area contributed by atoms with Gasteiger partial charge in [0, 0.05) is 37.9 Å². The normalized spacial score (nSPS) is 20.1. The molecule has 0 N–H and O–H groups in total. The first-order valence-corrected chi connectivity index (χ1v) is 9.25. The summed E-state index contributed by atoms with van der Waals surface area (Å²) in [6, 6.07) is 13.3. The van der Waals surface area contributed by atoms with Crippen molar-refractivity contribution >= 4 is 18.2 Å². The second kappa shape index (κ2) is 9.81. The van der Waals surface area contributed by atoms with E-state index in [0.29, 0.717) is 12.1 Å². The third-order valence-electron chi connectivity index (χ3n) is 5.18. The van der Waals surface area contributed by atoms with E-state index in [2.05, 4.69) is 52.9 Å². The number of pyridine rings is 1. The van der Waals surface area contributed by atoms with Gasteiger partial charge in [-0.3, -0.25) is 4.90 Å². The second-order valence-electron chi connectivity index (χ2n) is 6.97. The molecule has 0 saturated carbocycles. The Morgan fingerprint density at radius 1 is 1.00 bits per heavy atom. The topological polar surface area (TPSA) is 37.8 Å². The standard InChI is InChI=1S/C21H29N3O2.ClH/c1-16-14-23(21-7-5-6-11-22-21)15-17(2)24(16)12-10-18-8-9-19(25-3)20(13-18)26-4;/h5-9,11,13,16-17H,10,12,14-15H2,1-4H3;1H/t16-,17-;/m0./s1. The van der Waals surface area contributed by atoms with Gasteiger partial charge in [-0.05, 0) is 50.1 Å². The van der Waals surface area contributed by atoms with Crippen molar-refractivity contribution in [3.8, 4) is 11.5 Å². The number of aromatic nitrogens is 1. The van der Waals surface area contributed by atoms with Gasteiger partial charge in [-0.15, -0.1) is 12.4 Å². The summed E-state index contributed by atoms with van der Waals surface area (Å²) in [5.74, 6) is 2.65. The van der Waals surface area contributed by atoms with Crippen LogP contribution in [0.1, 0.15) is 19.4 Å². The summed E-state index contributed by atoms with van der Waals surface area (Å²) in [7, 11) is 3.35. The Kier molecular flexibility index (Phi) is 7.75. The minimum absolute atomic E-state index is 0. The summed E-state index contributed by atoms with van der Waals surface area (Å²) >= 11 is 0. The smallest absolute Gasteiger partial charge is 0.160 e. The minimum Gasteiger partial charge on any atom is -0.493 e. The molecule has 1 aromatic heterocycles. The van der Waals surface area contributed by atoms with Crippen molar-refractivity contribution < 1.29 is 9.47 Å². The highest BCUT2D eigenvalue weighted by Crippen LogP contribution is 2.28. The molecule has 0 aliphatic carbocycles. The van der Waals surface area contributed by atoms with Gasteiger partial charge in [0.05, 0.1) is 14.2 Å². The van der Waals surface area contributed by atoms with Gasteiger partial charge in [-0.1, -0.05) is 12.1 Å². The fraction of sp³-hybridized carbons (Fsp3) is 0.476. The number of ether oxygens (including phenoxy) is 2. The number of hydrogen-bond acceptors (Lipinski definition) is 5. The van der Waals surface area contributed by atoms with Crippen molar-refractivity contribution in [3.05, 3.63) is 48.2 Å². The summed E-state index contributed by atoms with van der Waals surface area (Å²) in [5, 5.41) is 0. The Bertz CT molecular complexity index is 702. The van der Waals surface area contributed by atoms with Crippen LogP contribution in [0.15, 0.2) is 42.6 Å². The minimum atomic E-state index is 0. The van der Waals surface area contributed by atoms with Crippen molar-refractivity contribution in [2.24, 2.45) is 0 Å². The van der Waals surface area contributed by atoms with Gasteiger partial charge in [0.2, 0.25) is 0 Å². The Morgan fingerprint density at radius 2 is 1.70 bits per heavy atom. The lowest BCUT2D eigenvalue weighted by atomic mass is 10.1. The molecule has 6 heteroatoms. The molecule has 2 heterocycles. The number of methoxy groups -OCH3 is 2. The first kappa shape index (κ1) is 21.3. The summed E-state index contributed by atoms with van der Waals surface area (Å²) in [5.41, 5.74) is 1.27. The number of piperazine rings is 1. The van der Waals surface area contributed by atoms with Gasteiger partial charge in [0.1, 0.15) is 5.82 Å². The number of halogens is 1. The first-order chi connectivity index (χ1) is 12.6. The molecular formula is C21H30ClN3O2. The van der Waals surface area contributed by atoms with E-state index in [1.165, 1.54) is 5.56 Å².